The highest BCUT2D eigenvalue weighted by Gasteiger charge is 2.23. The molecule has 0 fully saturated rings. The Labute approximate surface area is 169 Å². The van der Waals surface area contributed by atoms with E-state index in [9.17, 15) is 9.59 Å². The summed E-state index contributed by atoms with van der Waals surface area (Å²) in [5.41, 5.74) is 3.29. The molecular weight excluding hydrogens is 358 g/mol. The van der Waals surface area contributed by atoms with Crippen molar-refractivity contribution in [2.24, 2.45) is 0 Å². The number of carbonyl (C=O) groups is 2. The van der Waals surface area contributed by atoms with Gasteiger partial charge in [0.05, 0.1) is 11.3 Å². The maximum absolute atomic E-state index is 13.4. The number of ketones is 2. The topological polar surface area (TPSA) is 46.2 Å². The fourth-order valence-electron chi connectivity index (χ4n) is 3.25. The molecule has 0 amide bonds. The monoisotopic (exact) mass is 377 g/mol. The van der Waals surface area contributed by atoms with Gasteiger partial charge in [0.25, 0.3) is 0 Å². The second-order valence-corrected chi connectivity index (χ2v) is 6.61. The lowest BCUT2D eigenvalue weighted by molar-refractivity contribution is 0.100. The third-order valence-electron chi connectivity index (χ3n) is 4.66. The average molecular weight is 377 g/mol. The zero-order valence-corrected chi connectivity index (χ0v) is 15.7. The molecule has 4 rings (SSSR count). The van der Waals surface area contributed by atoms with Crippen molar-refractivity contribution in [2.75, 3.05) is 5.32 Å². The van der Waals surface area contributed by atoms with Crippen molar-refractivity contribution in [2.45, 2.75) is 0 Å². The quantitative estimate of drug-likeness (QED) is 0.426. The van der Waals surface area contributed by atoms with Crippen LogP contribution in [-0.4, -0.2) is 11.6 Å². The van der Waals surface area contributed by atoms with E-state index in [2.05, 4.69) is 5.32 Å². The van der Waals surface area contributed by atoms with E-state index in [0.29, 0.717) is 27.9 Å². The summed E-state index contributed by atoms with van der Waals surface area (Å²) in [6, 6.07) is 33.0. The molecule has 0 saturated carbocycles. The predicted molar refractivity (Wildman–Crippen MR) is 116 cm³/mol. The lowest BCUT2D eigenvalue weighted by Gasteiger charge is -2.15. The summed E-state index contributed by atoms with van der Waals surface area (Å²) in [5.74, 6) is -0.370. The Kier molecular flexibility index (Phi) is 5.30. The van der Waals surface area contributed by atoms with Crippen LogP contribution in [0.25, 0.3) is 0 Å². The highest BCUT2D eigenvalue weighted by Crippen LogP contribution is 2.28. The smallest absolute Gasteiger partial charge is 0.195 e. The number of benzene rings is 4. The van der Waals surface area contributed by atoms with Crippen molar-refractivity contribution in [3.8, 4) is 0 Å². The van der Waals surface area contributed by atoms with Gasteiger partial charge < -0.3 is 5.32 Å². The fourth-order valence-corrected chi connectivity index (χ4v) is 3.25. The fraction of sp³-hybridized carbons (Fsp3) is 0. The largest absolute Gasteiger partial charge is 0.355 e. The van der Waals surface area contributed by atoms with E-state index < -0.39 is 0 Å². The van der Waals surface area contributed by atoms with Crippen molar-refractivity contribution in [1.29, 1.82) is 0 Å². The molecule has 0 radical (unpaired) electrons. The Bertz CT molecular complexity index is 1140. The number of hydrogen-bond donors (Lipinski definition) is 1. The van der Waals surface area contributed by atoms with Gasteiger partial charge in [0.1, 0.15) is 0 Å². The summed E-state index contributed by atoms with van der Waals surface area (Å²) in [4.78, 5) is 26.6. The van der Waals surface area contributed by atoms with E-state index in [4.69, 9.17) is 0 Å². The van der Waals surface area contributed by atoms with Gasteiger partial charge in [-0.1, -0.05) is 91.0 Å². The lowest BCUT2D eigenvalue weighted by atomic mass is 9.91. The van der Waals surface area contributed by atoms with E-state index >= 15 is 0 Å². The first-order chi connectivity index (χ1) is 14.2. The SMILES string of the molecule is O=C(c1ccccc1)c1cccc(Nc2ccccc2)c1C(=O)c1ccccc1. The molecule has 140 valence electrons. The molecule has 1 N–H and O–H groups in total. The third-order valence-corrected chi connectivity index (χ3v) is 4.66. The molecule has 0 aromatic heterocycles. The molecule has 0 heterocycles. The van der Waals surface area contributed by atoms with Gasteiger partial charge in [0.15, 0.2) is 11.6 Å². The second-order valence-electron chi connectivity index (χ2n) is 6.61. The van der Waals surface area contributed by atoms with E-state index in [1.165, 1.54) is 0 Å². The van der Waals surface area contributed by atoms with Gasteiger partial charge in [-0.3, -0.25) is 9.59 Å². The Morgan fingerprint density at radius 3 is 1.62 bits per heavy atom. The maximum Gasteiger partial charge on any atom is 0.195 e. The summed E-state index contributed by atoms with van der Waals surface area (Å²) in [6.07, 6.45) is 0. The molecule has 0 aliphatic carbocycles. The van der Waals surface area contributed by atoms with E-state index in [0.717, 1.165) is 5.69 Å². The van der Waals surface area contributed by atoms with Gasteiger partial charge in [-0.05, 0) is 18.2 Å². The minimum Gasteiger partial charge on any atom is -0.355 e. The molecular formula is C26H19NO2. The normalized spacial score (nSPS) is 10.3. The maximum atomic E-state index is 13.4. The summed E-state index contributed by atoms with van der Waals surface area (Å²) < 4.78 is 0. The van der Waals surface area contributed by atoms with Gasteiger partial charge >= 0.3 is 0 Å². The number of rotatable bonds is 6. The van der Waals surface area contributed by atoms with Crippen LogP contribution in [-0.2, 0) is 0 Å². The average Bonchev–Trinajstić information content (AvgIpc) is 2.80. The second kappa shape index (κ2) is 8.36. The van der Waals surface area contributed by atoms with E-state index in [1.807, 2.05) is 72.8 Å². The number of nitrogens with one attached hydrogen (secondary N) is 1. The number of anilines is 2. The molecule has 3 heteroatoms. The zero-order valence-electron chi connectivity index (χ0n) is 15.7. The predicted octanol–water partition coefficient (Wildman–Crippen LogP) is 5.89. The molecule has 3 nitrogen and oxygen atoms in total. The zero-order chi connectivity index (χ0) is 20.1. The molecule has 0 aliphatic heterocycles. The number of para-hydroxylation sites is 1. The first kappa shape index (κ1) is 18.4. The van der Waals surface area contributed by atoms with Gasteiger partial charge in [0, 0.05) is 22.4 Å². The Morgan fingerprint density at radius 2 is 1.03 bits per heavy atom. The molecule has 0 aliphatic rings. The van der Waals surface area contributed by atoms with E-state index in [1.54, 1.807) is 36.4 Å². The van der Waals surface area contributed by atoms with Crippen LogP contribution in [0.15, 0.2) is 109 Å². The van der Waals surface area contributed by atoms with Crippen LogP contribution in [0.4, 0.5) is 11.4 Å². The highest BCUT2D eigenvalue weighted by molar-refractivity contribution is 6.22. The third kappa shape index (κ3) is 3.99. The number of carbonyl (C=O) groups excluding carboxylic acids is 2. The minimum atomic E-state index is -0.191. The number of hydrogen-bond acceptors (Lipinski definition) is 3. The first-order valence-corrected chi connectivity index (χ1v) is 9.38. The van der Waals surface area contributed by atoms with Gasteiger partial charge in [-0.15, -0.1) is 0 Å². The standard InChI is InChI=1S/C26H19NO2/c28-25(19-11-4-1-5-12-19)22-17-10-18-23(27-21-15-8-3-9-16-21)24(22)26(29)20-13-6-2-7-14-20/h1-18,27H. The van der Waals surface area contributed by atoms with Crippen LogP contribution >= 0.6 is 0 Å². The summed E-state index contributed by atoms with van der Waals surface area (Å²) in [6.45, 7) is 0. The van der Waals surface area contributed by atoms with Crippen molar-refractivity contribution in [1.82, 2.24) is 0 Å². The summed E-state index contributed by atoms with van der Waals surface area (Å²) in [7, 11) is 0. The van der Waals surface area contributed by atoms with Crippen LogP contribution in [0.1, 0.15) is 31.8 Å². The molecule has 0 spiro atoms. The van der Waals surface area contributed by atoms with Crippen molar-refractivity contribution in [3.63, 3.8) is 0 Å². The molecule has 4 aromatic carbocycles. The van der Waals surface area contributed by atoms with Crippen LogP contribution in [0.2, 0.25) is 0 Å². The summed E-state index contributed by atoms with van der Waals surface area (Å²) >= 11 is 0. The van der Waals surface area contributed by atoms with Crippen LogP contribution in [0, 0.1) is 0 Å². The highest BCUT2D eigenvalue weighted by atomic mass is 16.1. The van der Waals surface area contributed by atoms with Gasteiger partial charge in [-0.25, -0.2) is 0 Å². The Balaban J connectivity index is 1.85. The van der Waals surface area contributed by atoms with Crippen LogP contribution in [0.3, 0.4) is 0 Å². The molecule has 0 atom stereocenters. The first-order valence-electron chi connectivity index (χ1n) is 9.38. The molecule has 0 saturated heterocycles. The molecule has 29 heavy (non-hydrogen) atoms. The van der Waals surface area contributed by atoms with Crippen molar-refractivity contribution in [3.05, 3.63) is 131 Å². The van der Waals surface area contributed by atoms with Gasteiger partial charge in [-0.2, -0.15) is 0 Å². The Morgan fingerprint density at radius 1 is 0.517 bits per heavy atom. The lowest BCUT2D eigenvalue weighted by Crippen LogP contribution is -2.13. The summed E-state index contributed by atoms with van der Waals surface area (Å²) in [5, 5.41) is 3.30. The minimum absolute atomic E-state index is 0.179. The molecule has 0 bridgehead atoms. The Hall–Kier alpha value is -3.98. The van der Waals surface area contributed by atoms with Crippen molar-refractivity contribution < 1.29 is 9.59 Å². The van der Waals surface area contributed by atoms with Gasteiger partial charge in [0.2, 0.25) is 0 Å². The van der Waals surface area contributed by atoms with Crippen molar-refractivity contribution >= 4 is 22.9 Å². The van der Waals surface area contributed by atoms with E-state index in [-0.39, 0.29) is 11.6 Å². The molecule has 0 unspecified atom stereocenters. The molecule has 4 aromatic rings. The van der Waals surface area contributed by atoms with Crippen LogP contribution in [0.5, 0.6) is 0 Å². The van der Waals surface area contributed by atoms with Crippen LogP contribution < -0.4 is 5.32 Å².